The van der Waals surface area contributed by atoms with Crippen molar-refractivity contribution < 1.29 is 9.13 Å². The van der Waals surface area contributed by atoms with Crippen LogP contribution in [0.25, 0.3) is 0 Å². The topological polar surface area (TPSA) is 41.7 Å². The quantitative estimate of drug-likeness (QED) is 0.907. The first-order chi connectivity index (χ1) is 10.3. The van der Waals surface area contributed by atoms with Crippen LogP contribution in [-0.2, 0) is 4.74 Å². The molecular formula is C16H24FN3O. The highest BCUT2D eigenvalue weighted by molar-refractivity contribution is 5.21. The lowest BCUT2D eigenvalue weighted by molar-refractivity contribution is 0.0176. The van der Waals surface area contributed by atoms with Crippen LogP contribution in [0.3, 0.4) is 0 Å². The zero-order chi connectivity index (χ0) is 14.7. The first kappa shape index (κ1) is 14.9. The third kappa shape index (κ3) is 3.43. The van der Waals surface area contributed by atoms with Crippen molar-refractivity contribution in [1.82, 2.24) is 9.80 Å². The number of rotatable bonds is 4. The predicted molar refractivity (Wildman–Crippen MR) is 80.6 cm³/mol. The molecular weight excluding hydrogens is 269 g/mol. The van der Waals surface area contributed by atoms with E-state index in [-0.39, 0.29) is 11.9 Å². The maximum absolute atomic E-state index is 13.1. The third-order valence-corrected chi connectivity index (χ3v) is 4.68. The highest BCUT2D eigenvalue weighted by Crippen LogP contribution is 2.27. The summed E-state index contributed by atoms with van der Waals surface area (Å²) in [6.07, 6.45) is 1.18. The van der Waals surface area contributed by atoms with Gasteiger partial charge in [0.2, 0.25) is 0 Å². The normalized spacial score (nSPS) is 26.1. The number of ether oxygens (including phenoxy) is 1. The number of benzene rings is 1. The summed E-state index contributed by atoms with van der Waals surface area (Å²) in [6.45, 7) is 6.41. The van der Waals surface area contributed by atoms with Crippen LogP contribution >= 0.6 is 0 Å². The summed E-state index contributed by atoms with van der Waals surface area (Å²) in [5.74, 6) is -0.192. The van der Waals surface area contributed by atoms with Gasteiger partial charge in [0.05, 0.1) is 13.2 Å². The van der Waals surface area contributed by atoms with Crippen molar-refractivity contribution in [2.75, 3.05) is 45.9 Å². The highest BCUT2D eigenvalue weighted by Gasteiger charge is 2.32. The van der Waals surface area contributed by atoms with Gasteiger partial charge in [0.1, 0.15) is 5.82 Å². The molecule has 1 aromatic rings. The van der Waals surface area contributed by atoms with Crippen molar-refractivity contribution in [1.29, 1.82) is 0 Å². The average molecular weight is 293 g/mol. The molecule has 0 bridgehead atoms. The van der Waals surface area contributed by atoms with Crippen molar-refractivity contribution in [3.8, 4) is 0 Å². The Kier molecular flexibility index (Phi) is 4.85. The third-order valence-electron chi connectivity index (χ3n) is 4.68. The standard InChI is InChI=1S/C16H24FN3O/c17-14-3-1-13(2-4-14)16(11-18)20-6-5-15(12-20)19-7-9-21-10-8-19/h1-4,15-16H,5-12,18H2. The average Bonchev–Trinajstić information content (AvgIpc) is 3.00. The molecule has 5 heteroatoms. The van der Waals surface area contributed by atoms with Gasteiger partial charge in [-0.25, -0.2) is 4.39 Å². The van der Waals surface area contributed by atoms with Gasteiger partial charge in [-0.15, -0.1) is 0 Å². The first-order valence-electron chi connectivity index (χ1n) is 7.79. The Bertz CT molecular complexity index is 447. The van der Waals surface area contributed by atoms with Gasteiger partial charge in [0.15, 0.2) is 0 Å². The van der Waals surface area contributed by atoms with E-state index in [0.717, 1.165) is 45.0 Å². The summed E-state index contributed by atoms with van der Waals surface area (Å²) in [4.78, 5) is 4.97. The van der Waals surface area contributed by atoms with E-state index in [2.05, 4.69) is 9.80 Å². The Morgan fingerprint density at radius 2 is 1.90 bits per heavy atom. The Hall–Kier alpha value is -1.01. The van der Waals surface area contributed by atoms with Gasteiger partial charge in [-0.05, 0) is 24.1 Å². The molecule has 1 aromatic carbocycles. The van der Waals surface area contributed by atoms with Gasteiger partial charge >= 0.3 is 0 Å². The van der Waals surface area contributed by atoms with E-state index in [0.29, 0.717) is 12.6 Å². The van der Waals surface area contributed by atoms with Crippen LogP contribution in [-0.4, -0.2) is 61.8 Å². The molecule has 0 saturated carbocycles. The van der Waals surface area contributed by atoms with E-state index in [1.165, 1.54) is 18.6 Å². The Morgan fingerprint density at radius 3 is 2.57 bits per heavy atom. The van der Waals surface area contributed by atoms with Gasteiger partial charge in [-0.2, -0.15) is 0 Å². The number of likely N-dealkylation sites (tertiary alicyclic amines) is 1. The van der Waals surface area contributed by atoms with Crippen molar-refractivity contribution >= 4 is 0 Å². The van der Waals surface area contributed by atoms with E-state index in [1.54, 1.807) is 0 Å². The maximum atomic E-state index is 13.1. The van der Waals surface area contributed by atoms with Gasteiger partial charge in [0, 0.05) is 44.8 Å². The number of hydrogen-bond donors (Lipinski definition) is 1. The number of morpholine rings is 1. The van der Waals surface area contributed by atoms with Crippen molar-refractivity contribution in [3.05, 3.63) is 35.6 Å². The molecule has 3 rings (SSSR count). The molecule has 0 aliphatic carbocycles. The van der Waals surface area contributed by atoms with E-state index in [1.807, 2.05) is 12.1 Å². The van der Waals surface area contributed by atoms with Crippen LogP contribution in [0.1, 0.15) is 18.0 Å². The summed E-state index contributed by atoms with van der Waals surface area (Å²) < 4.78 is 18.5. The molecule has 4 nitrogen and oxygen atoms in total. The van der Waals surface area contributed by atoms with E-state index < -0.39 is 0 Å². The van der Waals surface area contributed by atoms with Gasteiger partial charge < -0.3 is 10.5 Å². The second-order valence-corrected chi connectivity index (χ2v) is 5.89. The number of hydrogen-bond acceptors (Lipinski definition) is 4. The molecule has 21 heavy (non-hydrogen) atoms. The monoisotopic (exact) mass is 293 g/mol. The molecule has 2 unspecified atom stereocenters. The van der Waals surface area contributed by atoms with E-state index in [4.69, 9.17) is 10.5 Å². The van der Waals surface area contributed by atoms with Crippen molar-refractivity contribution in [2.24, 2.45) is 5.73 Å². The molecule has 2 atom stereocenters. The maximum Gasteiger partial charge on any atom is 0.123 e. The molecule has 2 aliphatic heterocycles. The zero-order valence-corrected chi connectivity index (χ0v) is 12.4. The molecule has 0 spiro atoms. The predicted octanol–water partition coefficient (Wildman–Crippen LogP) is 1.23. The summed E-state index contributed by atoms with van der Waals surface area (Å²) in [5.41, 5.74) is 7.09. The van der Waals surface area contributed by atoms with Gasteiger partial charge in [-0.3, -0.25) is 9.80 Å². The second kappa shape index (κ2) is 6.83. The minimum atomic E-state index is -0.192. The van der Waals surface area contributed by atoms with Crippen LogP contribution in [0, 0.1) is 5.82 Å². The Balaban J connectivity index is 1.64. The largest absolute Gasteiger partial charge is 0.379 e. The summed E-state index contributed by atoms with van der Waals surface area (Å²) in [6, 6.07) is 7.55. The molecule has 2 fully saturated rings. The van der Waals surface area contributed by atoms with Crippen molar-refractivity contribution in [3.63, 3.8) is 0 Å². The summed E-state index contributed by atoms with van der Waals surface area (Å²) >= 11 is 0. The van der Waals surface area contributed by atoms with Gasteiger partial charge in [-0.1, -0.05) is 12.1 Å². The number of halogens is 1. The SMILES string of the molecule is NCC(c1ccc(F)cc1)N1CCC(N2CCOCC2)C1. The fourth-order valence-electron chi connectivity index (χ4n) is 3.47. The fraction of sp³-hybridized carbons (Fsp3) is 0.625. The lowest BCUT2D eigenvalue weighted by atomic mass is 10.1. The zero-order valence-electron chi connectivity index (χ0n) is 12.4. The minimum Gasteiger partial charge on any atom is -0.379 e. The minimum absolute atomic E-state index is 0.191. The lowest BCUT2D eigenvalue weighted by Crippen LogP contribution is -2.45. The van der Waals surface area contributed by atoms with Crippen LogP contribution in [0.15, 0.2) is 24.3 Å². The van der Waals surface area contributed by atoms with Crippen LogP contribution in [0.2, 0.25) is 0 Å². The summed E-state index contributed by atoms with van der Waals surface area (Å²) in [5, 5.41) is 0. The second-order valence-electron chi connectivity index (χ2n) is 5.89. The fourth-order valence-corrected chi connectivity index (χ4v) is 3.47. The van der Waals surface area contributed by atoms with Crippen LogP contribution < -0.4 is 5.73 Å². The molecule has 116 valence electrons. The van der Waals surface area contributed by atoms with Crippen LogP contribution in [0.4, 0.5) is 4.39 Å². The first-order valence-corrected chi connectivity index (χ1v) is 7.79. The smallest absolute Gasteiger partial charge is 0.123 e. The molecule has 2 saturated heterocycles. The lowest BCUT2D eigenvalue weighted by Gasteiger charge is -2.33. The van der Waals surface area contributed by atoms with E-state index >= 15 is 0 Å². The summed E-state index contributed by atoms with van der Waals surface area (Å²) in [7, 11) is 0. The highest BCUT2D eigenvalue weighted by atomic mass is 19.1. The molecule has 2 N–H and O–H groups in total. The molecule has 0 amide bonds. The van der Waals surface area contributed by atoms with Gasteiger partial charge in [0.25, 0.3) is 0 Å². The molecule has 0 aromatic heterocycles. The molecule has 0 radical (unpaired) electrons. The van der Waals surface area contributed by atoms with Crippen molar-refractivity contribution in [2.45, 2.75) is 18.5 Å². The van der Waals surface area contributed by atoms with Crippen LogP contribution in [0.5, 0.6) is 0 Å². The number of nitrogens with zero attached hydrogens (tertiary/aromatic N) is 2. The Morgan fingerprint density at radius 1 is 1.19 bits per heavy atom. The molecule has 2 aliphatic rings. The Labute approximate surface area is 125 Å². The molecule has 2 heterocycles. The number of nitrogens with two attached hydrogens (primary N) is 1. The van der Waals surface area contributed by atoms with E-state index in [9.17, 15) is 4.39 Å².